The summed E-state index contributed by atoms with van der Waals surface area (Å²) in [6.45, 7) is 0.980. The number of nitrogens with one attached hydrogen (secondary N) is 1. The van der Waals surface area contributed by atoms with Crippen LogP contribution >= 0.6 is 0 Å². The molecule has 0 bridgehead atoms. The molecule has 7 heteroatoms. The summed E-state index contributed by atoms with van der Waals surface area (Å²) >= 11 is 0. The standard InChI is InChI=1S/C13H21N3O4/c1-17-8-7-15-13(16-14)9-5-6-10(18-2)12(20-4)11(9)19-3/h5-6H,7-8,14H2,1-4H3,(H,15,16). The van der Waals surface area contributed by atoms with Gasteiger partial charge in [-0.1, -0.05) is 0 Å². The zero-order chi connectivity index (χ0) is 15.0. The number of aliphatic imine (C=N–C) groups is 1. The molecule has 0 aliphatic heterocycles. The lowest BCUT2D eigenvalue weighted by Gasteiger charge is -2.16. The molecule has 1 aromatic carbocycles. The molecule has 0 amide bonds. The predicted octanol–water partition coefficient (Wildman–Crippen LogP) is 0.569. The van der Waals surface area contributed by atoms with Crippen molar-refractivity contribution in [3.8, 4) is 17.2 Å². The van der Waals surface area contributed by atoms with Gasteiger partial charge in [0.1, 0.15) is 5.84 Å². The second-order valence-electron chi connectivity index (χ2n) is 3.75. The molecule has 20 heavy (non-hydrogen) atoms. The normalized spacial score (nSPS) is 11.2. The van der Waals surface area contributed by atoms with Crippen molar-refractivity contribution in [3.05, 3.63) is 17.7 Å². The second kappa shape index (κ2) is 8.23. The number of benzene rings is 1. The van der Waals surface area contributed by atoms with E-state index < -0.39 is 0 Å². The summed E-state index contributed by atoms with van der Waals surface area (Å²) in [6.07, 6.45) is 0. The third-order valence-corrected chi connectivity index (χ3v) is 2.66. The van der Waals surface area contributed by atoms with Gasteiger partial charge in [-0.15, -0.1) is 0 Å². The summed E-state index contributed by atoms with van der Waals surface area (Å²) in [7, 11) is 6.26. The molecule has 0 aliphatic rings. The second-order valence-corrected chi connectivity index (χ2v) is 3.75. The number of amidine groups is 1. The first kappa shape index (κ1) is 16.1. The maximum absolute atomic E-state index is 5.52. The third-order valence-electron chi connectivity index (χ3n) is 2.66. The van der Waals surface area contributed by atoms with Crippen molar-refractivity contribution in [2.45, 2.75) is 0 Å². The summed E-state index contributed by atoms with van der Waals surface area (Å²) in [5.74, 6) is 7.57. The average molecular weight is 283 g/mol. The molecule has 0 heterocycles. The zero-order valence-electron chi connectivity index (χ0n) is 12.2. The number of methoxy groups -OCH3 is 4. The third kappa shape index (κ3) is 3.52. The highest BCUT2D eigenvalue weighted by Gasteiger charge is 2.18. The van der Waals surface area contributed by atoms with E-state index >= 15 is 0 Å². The SMILES string of the molecule is COCCN=C(NN)c1ccc(OC)c(OC)c1OC. The summed E-state index contributed by atoms with van der Waals surface area (Å²) in [5, 5.41) is 0. The molecule has 0 fully saturated rings. The van der Waals surface area contributed by atoms with E-state index in [1.54, 1.807) is 40.6 Å². The molecule has 1 aromatic rings. The van der Waals surface area contributed by atoms with E-state index in [4.69, 9.17) is 24.8 Å². The Morgan fingerprint density at radius 2 is 1.80 bits per heavy atom. The Morgan fingerprint density at radius 3 is 2.30 bits per heavy atom. The monoisotopic (exact) mass is 283 g/mol. The Morgan fingerprint density at radius 1 is 1.10 bits per heavy atom. The Balaban J connectivity index is 3.25. The lowest BCUT2D eigenvalue weighted by Crippen LogP contribution is -2.32. The van der Waals surface area contributed by atoms with Gasteiger partial charge in [-0.25, -0.2) is 5.84 Å². The van der Waals surface area contributed by atoms with Crippen LogP contribution in [0.2, 0.25) is 0 Å². The first-order valence-electron chi connectivity index (χ1n) is 6.02. The molecule has 0 saturated heterocycles. The van der Waals surface area contributed by atoms with Gasteiger partial charge in [0.2, 0.25) is 5.75 Å². The average Bonchev–Trinajstić information content (AvgIpc) is 2.50. The minimum absolute atomic E-state index is 0.480. The summed E-state index contributed by atoms with van der Waals surface area (Å²) in [4.78, 5) is 4.32. The van der Waals surface area contributed by atoms with Crippen molar-refractivity contribution < 1.29 is 18.9 Å². The van der Waals surface area contributed by atoms with E-state index in [0.29, 0.717) is 41.8 Å². The van der Waals surface area contributed by atoms with E-state index in [2.05, 4.69) is 10.4 Å². The van der Waals surface area contributed by atoms with Crippen LogP contribution in [0.25, 0.3) is 0 Å². The fourth-order valence-corrected chi connectivity index (χ4v) is 1.75. The molecule has 7 nitrogen and oxygen atoms in total. The number of nitrogens with zero attached hydrogens (tertiary/aromatic N) is 1. The van der Waals surface area contributed by atoms with E-state index in [-0.39, 0.29) is 0 Å². The molecule has 1 rings (SSSR count). The molecule has 0 unspecified atom stereocenters. The van der Waals surface area contributed by atoms with Crippen LogP contribution in [-0.2, 0) is 4.74 Å². The topological polar surface area (TPSA) is 87.3 Å². The Hall–Kier alpha value is -1.99. The van der Waals surface area contributed by atoms with Crippen LogP contribution in [0.4, 0.5) is 0 Å². The molecule has 112 valence electrons. The van der Waals surface area contributed by atoms with Crippen molar-refractivity contribution in [2.75, 3.05) is 41.6 Å². The van der Waals surface area contributed by atoms with Gasteiger partial charge in [0.15, 0.2) is 11.5 Å². The van der Waals surface area contributed by atoms with Crippen molar-refractivity contribution in [1.29, 1.82) is 0 Å². The van der Waals surface area contributed by atoms with Crippen molar-refractivity contribution in [3.63, 3.8) is 0 Å². The van der Waals surface area contributed by atoms with Crippen LogP contribution in [0.5, 0.6) is 17.2 Å². The molecule has 0 saturated carbocycles. The zero-order valence-corrected chi connectivity index (χ0v) is 12.2. The van der Waals surface area contributed by atoms with Crippen molar-refractivity contribution in [2.24, 2.45) is 10.8 Å². The molecule has 0 atom stereocenters. The molecule has 0 aromatic heterocycles. The summed E-state index contributed by atoms with van der Waals surface area (Å²) in [5.41, 5.74) is 3.24. The van der Waals surface area contributed by atoms with Gasteiger partial charge in [0, 0.05) is 7.11 Å². The Kier molecular flexibility index (Phi) is 6.61. The van der Waals surface area contributed by atoms with Gasteiger partial charge in [-0.2, -0.15) is 0 Å². The van der Waals surface area contributed by atoms with E-state index in [9.17, 15) is 0 Å². The number of nitrogens with two attached hydrogens (primary N) is 1. The smallest absolute Gasteiger partial charge is 0.204 e. The quantitative estimate of drug-likeness (QED) is 0.250. The Labute approximate surface area is 118 Å². The number of rotatable bonds is 7. The largest absolute Gasteiger partial charge is 0.493 e. The van der Waals surface area contributed by atoms with Crippen LogP contribution in [0, 0.1) is 0 Å². The van der Waals surface area contributed by atoms with Gasteiger partial charge in [0.25, 0.3) is 0 Å². The lowest BCUT2D eigenvalue weighted by molar-refractivity contribution is 0.208. The van der Waals surface area contributed by atoms with Crippen LogP contribution in [0.3, 0.4) is 0 Å². The van der Waals surface area contributed by atoms with Crippen molar-refractivity contribution in [1.82, 2.24) is 5.43 Å². The molecule has 0 spiro atoms. The molecule has 0 radical (unpaired) electrons. The molecule has 0 aliphatic carbocycles. The molecule has 3 N–H and O–H groups in total. The first-order valence-corrected chi connectivity index (χ1v) is 6.02. The Bertz CT molecular complexity index is 463. The maximum Gasteiger partial charge on any atom is 0.204 e. The van der Waals surface area contributed by atoms with Gasteiger partial charge in [0.05, 0.1) is 40.0 Å². The van der Waals surface area contributed by atoms with Gasteiger partial charge < -0.3 is 24.4 Å². The van der Waals surface area contributed by atoms with E-state index in [0.717, 1.165) is 0 Å². The number of hydrogen-bond acceptors (Lipinski definition) is 6. The number of hydrazine groups is 1. The number of ether oxygens (including phenoxy) is 4. The molecular weight excluding hydrogens is 262 g/mol. The maximum atomic E-state index is 5.52. The van der Waals surface area contributed by atoms with E-state index in [1.165, 1.54) is 0 Å². The van der Waals surface area contributed by atoms with Crippen LogP contribution < -0.4 is 25.5 Å². The van der Waals surface area contributed by atoms with Crippen LogP contribution in [0.15, 0.2) is 17.1 Å². The van der Waals surface area contributed by atoms with Gasteiger partial charge in [-0.05, 0) is 12.1 Å². The van der Waals surface area contributed by atoms with Crippen molar-refractivity contribution >= 4 is 5.84 Å². The van der Waals surface area contributed by atoms with Crippen LogP contribution in [0.1, 0.15) is 5.56 Å². The minimum Gasteiger partial charge on any atom is -0.493 e. The van der Waals surface area contributed by atoms with Gasteiger partial charge >= 0.3 is 0 Å². The predicted molar refractivity (Wildman–Crippen MR) is 76.7 cm³/mol. The lowest BCUT2D eigenvalue weighted by atomic mass is 10.1. The highest BCUT2D eigenvalue weighted by Crippen LogP contribution is 2.39. The minimum atomic E-state index is 0.480. The number of hydrogen-bond donors (Lipinski definition) is 2. The molecular formula is C13H21N3O4. The first-order chi connectivity index (χ1) is 9.73. The van der Waals surface area contributed by atoms with Gasteiger partial charge in [-0.3, -0.25) is 4.99 Å². The summed E-state index contributed by atoms with van der Waals surface area (Å²) in [6, 6.07) is 3.56. The fourth-order valence-electron chi connectivity index (χ4n) is 1.75. The highest BCUT2D eigenvalue weighted by molar-refractivity contribution is 6.02. The fraction of sp³-hybridized carbons (Fsp3) is 0.462. The highest BCUT2D eigenvalue weighted by atomic mass is 16.5. The van der Waals surface area contributed by atoms with E-state index in [1.807, 2.05) is 0 Å². The van der Waals surface area contributed by atoms with Crippen LogP contribution in [-0.4, -0.2) is 47.4 Å². The summed E-state index contributed by atoms with van der Waals surface area (Å²) < 4.78 is 20.9.